The van der Waals surface area contributed by atoms with Gasteiger partial charge in [-0.1, -0.05) is 23.4 Å². The van der Waals surface area contributed by atoms with Gasteiger partial charge in [-0.05, 0) is 36.4 Å². The number of hydrogen-bond donors (Lipinski definition) is 0. The molecule has 1 aliphatic rings. The van der Waals surface area contributed by atoms with Gasteiger partial charge in [0, 0.05) is 17.0 Å². The number of esters is 1. The number of cyclic esters (lactones) is 1. The maximum Gasteiger partial charge on any atom is 0.319 e. The van der Waals surface area contributed by atoms with Crippen LogP contribution in [0.3, 0.4) is 0 Å². The first kappa shape index (κ1) is 16.2. The van der Waals surface area contributed by atoms with Crippen molar-refractivity contribution in [1.82, 2.24) is 14.8 Å². The molecule has 1 aromatic carbocycles. The van der Waals surface area contributed by atoms with Gasteiger partial charge in [-0.25, -0.2) is 0 Å². The molecule has 0 amide bonds. The summed E-state index contributed by atoms with van der Waals surface area (Å²) < 4.78 is 12.4. The average molecular weight is 376 g/mol. The fraction of sp³-hybridized carbons (Fsp3) is 0.235. The van der Waals surface area contributed by atoms with Crippen LogP contribution < -0.4 is 0 Å². The Balaban J connectivity index is 1.70. The van der Waals surface area contributed by atoms with Crippen LogP contribution in [0.2, 0.25) is 5.02 Å². The molecule has 4 rings (SSSR count). The predicted octanol–water partition coefficient (Wildman–Crippen LogP) is 3.65. The predicted molar refractivity (Wildman–Crippen MR) is 93.5 cm³/mol. The quantitative estimate of drug-likeness (QED) is 0.634. The first-order chi connectivity index (χ1) is 12.2. The lowest BCUT2D eigenvalue weighted by molar-refractivity contribution is -0.137. The van der Waals surface area contributed by atoms with Crippen molar-refractivity contribution in [3.63, 3.8) is 0 Å². The molecule has 2 aromatic heterocycles. The molecule has 0 bridgehead atoms. The zero-order chi connectivity index (χ0) is 17.2. The van der Waals surface area contributed by atoms with Crippen LogP contribution in [0.5, 0.6) is 0 Å². The fourth-order valence-corrected chi connectivity index (χ4v) is 3.73. The van der Waals surface area contributed by atoms with Crippen LogP contribution in [0, 0.1) is 0 Å². The summed E-state index contributed by atoms with van der Waals surface area (Å²) in [4.78, 5) is 11.8. The first-order valence-electron chi connectivity index (χ1n) is 7.75. The Morgan fingerprint density at radius 2 is 2.08 bits per heavy atom. The van der Waals surface area contributed by atoms with Gasteiger partial charge in [-0.2, -0.15) is 0 Å². The highest BCUT2D eigenvalue weighted by atomic mass is 35.5. The Kier molecular flexibility index (Phi) is 4.50. The van der Waals surface area contributed by atoms with Gasteiger partial charge in [0.05, 0.1) is 19.4 Å². The van der Waals surface area contributed by atoms with Crippen molar-refractivity contribution in [3.8, 4) is 11.4 Å². The summed E-state index contributed by atoms with van der Waals surface area (Å²) in [5, 5.41) is 9.67. The summed E-state index contributed by atoms with van der Waals surface area (Å²) in [7, 11) is 0. The third-order valence-electron chi connectivity index (χ3n) is 3.85. The van der Waals surface area contributed by atoms with E-state index in [-0.39, 0.29) is 11.2 Å². The Labute approximate surface area is 153 Å². The number of thioether (sulfide) groups is 1. The highest BCUT2D eigenvalue weighted by Gasteiger charge is 2.30. The average Bonchev–Trinajstić information content (AvgIpc) is 3.34. The monoisotopic (exact) mass is 375 g/mol. The van der Waals surface area contributed by atoms with Gasteiger partial charge in [0.1, 0.15) is 11.0 Å². The first-order valence-corrected chi connectivity index (χ1v) is 9.01. The van der Waals surface area contributed by atoms with Crippen LogP contribution in [0.15, 0.2) is 52.2 Å². The van der Waals surface area contributed by atoms with Crippen molar-refractivity contribution < 1.29 is 13.9 Å². The van der Waals surface area contributed by atoms with Crippen molar-refractivity contribution in [2.75, 3.05) is 6.61 Å². The van der Waals surface area contributed by atoms with E-state index in [0.717, 1.165) is 11.3 Å². The Morgan fingerprint density at radius 3 is 2.76 bits per heavy atom. The molecular formula is C17H14ClN3O3S. The molecule has 0 radical (unpaired) electrons. The highest BCUT2D eigenvalue weighted by molar-refractivity contribution is 8.00. The van der Waals surface area contributed by atoms with Crippen molar-refractivity contribution in [2.24, 2.45) is 0 Å². The molecule has 6 nitrogen and oxygen atoms in total. The van der Waals surface area contributed by atoms with Crippen LogP contribution in [-0.4, -0.2) is 32.6 Å². The number of rotatable bonds is 5. The lowest BCUT2D eigenvalue weighted by Gasteiger charge is -2.10. The SMILES string of the molecule is O=C1OCC[C@@H]1Sc1nnc(-c2ccc(Cl)cc2)n1Cc1ccco1. The molecule has 128 valence electrons. The van der Waals surface area contributed by atoms with Crippen molar-refractivity contribution in [3.05, 3.63) is 53.4 Å². The molecule has 3 aromatic rings. The fourth-order valence-electron chi connectivity index (χ4n) is 2.60. The van der Waals surface area contributed by atoms with Crippen LogP contribution >= 0.6 is 23.4 Å². The number of nitrogens with zero attached hydrogens (tertiary/aromatic N) is 3. The number of halogens is 1. The smallest absolute Gasteiger partial charge is 0.319 e. The van der Waals surface area contributed by atoms with E-state index < -0.39 is 0 Å². The third-order valence-corrected chi connectivity index (χ3v) is 5.33. The van der Waals surface area contributed by atoms with E-state index in [1.54, 1.807) is 6.26 Å². The van der Waals surface area contributed by atoms with E-state index in [2.05, 4.69) is 10.2 Å². The summed E-state index contributed by atoms with van der Waals surface area (Å²) >= 11 is 7.35. The molecule has 3 heterocycles. The lowest BCUT2D eigenvalue weighted by atomic mass is 10.2. The summed E-state index contributed by atoms with van der Waals surface area (Å²) in [6.45, 7) is 0.926. The molecule has 1 atom stereocenters. The number of carbonyl (C=O) groups is 1. The van der Waals surface area contributed by atoms with Crippen LogP contribution in [-0.2, 0) is 16.1 Å². The topological polar surface area (TPSA) is 70.2 Å². The van der Waals surface area contributed by atoms with Gasteiger partial charge in [0.15, 0.2) is 11.0 Å². The Morgan fingerprint density at radius 1 is 1.24 bits per heavy atom. The summed E-state index contributed by atoms with van der Waals surface area (Å²) in [5.74, 6) is 1.28. The van der Waals surface area contributed by atoms with Crippen LogP contribution in [0.25, 0.3) is 11.4 Å². The van der Waals surface area contributed by atoms with Gasteiger partial charge >= 0.3 is 5.97 Å². The van der Waals surface area contributed by atoms with Gasteiger partial charge in [-0.3, -0.25) is 9.36 Å². The van der Waals surface area contributed by atoms with E-state index in [1.807, 2.05) is 41.0 Å². The number of hydrogen-bond acceptors (Lipinski definition) is 6. The van der Waals surface area contributed by atoms with Gasteiger partial charge in [0.25, 0.3) is 0 Å². The second kappa shape index (κ2) is 6.93. The Bertz CT molecular complexity index is 877. The minimum atomic E-state index is -0.252. The molecule has 0 unspecified atom stereocenters. The van der Waals surface area contributed by atoms with Crippen molar-refractivity contribution in [1.29, 1.82) is 0 Å². The number of furan rings is 1. The number of ether oxygens (including phenoxy) is 1. The second-order valence-electron chi connectivity index (χ2n) is 5.54. The van der Waals surface area contributed by atoms with Gasteiger partial charge in [-0.15, -0.1) is 10.2 Å². The number of benzene rings is 1. The largest absolute Gasteiger partial charge is 0.467 e. The zero-order valence-corrected chi connectivity index (χ0v) is 14.7. The van der Waals surface area contributed by atoms with E-state index in [1.165, 1.54) is 11.8 Å². The van der Waals surface area contributed by atoms with Crippen molar-refractivity contribution in [2.45, 2.75) is 23.4 Å². The maximum atomic E-state index is 11.8. The van der Waals surface area contributed by atoms with E-state index in [0.29, 0.717) is 35.6 Å². The van der Waals surface area contributed by atoms with Gasteiger partial charge in [0.2, 0.25) is 0 Å². The standard InChI is InChI=1S/C17H14ClN3O3S/c18-12-5-3-11(4-6-12)15-19-20-17(25-14-7-9-24-16(14)22)21(15)10-13-2-1-8-23-13/h1-6,8,14H,7,9-10H2/t14-/m0/s1. The summed E-state index contributed by atoms with van der Waals surface area (Å²) in [6, 6.07) is 11.1. The highest BCUT2D eigenvalue weighted by Crippen LogP contribution is 2.32. The summed E-state index contributed by atoms with van der Waals surface area (Å²) in [5.41, 5.74) is 0.893. The summed E-state index contributed by atoms with van der Waals surface area (Å²) in [6.07, 6.45) is 2.30. The molecule has 0 aliphatic carbocycles. The van der Waals surface area contributed by atoms with E-state index in [4.69, 9.17) is 20.8 Å². The molecule has 0 spiro atoms. The van der Waals surface area contributed by atoms with E-state index in [9.17, 15) is 4.79 Å². The third kappa shape index (κ3) is 3.43. The van der Waals surface area contributed by atoms with Crippen molar-refractivity contribution >= 4 is 29.3 Å². The van der Waals surface area contributed by atoms with Crippen LogP contribution in [0.4, 0.5) is 0 Å². The number of carbonyl (C=O) groups excluding carboxylic acids is 1. The molecule has 0 saturated carbocycles. The zero-order valence-electron chi connectivity index (χ0n) is 13.1. The van der Waals surface area contributed by atoms with Crippen LogP contribution in [0.1, 0.15) is 12.2 Å². The normalized spacial score (nSPS) is 17.0. The molecule has 8 heteroatoms. The molecular weight excluding hydrogens is 362 g/mol. The lowest BCUT2D eigenvalue weighted by Crippen LogP contribution is -2.12. The molecule has 1 aliphatic heterocycles. The maximum absolute atomic E-state index is 11.8. The minimum absolute atomic E-state index is 0.203. The Hall–Kier alpha value is -2.25. The minimum Gasteiger partial charge on any atom is -0.467 e. The molecule has 0 N–H and O–H groups in total. The number of aromatic nitrogens is 3. The second-order valence-corrected chi connectivity index (χ2v) is 7.15. The molecule has 25 heavy (non-hydrogen) atoms. The van der Waals surface area contributed by atoms with Gasteiger partial charge < -0.3 is 9.15 Å². The molecule has 1 fully saturated rings. The molecule has 1 saturated heterocycles. The van der Waals surface area contributed by atoms with E-state index >= 15 is 0 Å².